The maximum absolute atomic E-state index is 12.9. The fraction of sp³-hybridized carbons (Fsp3) is 0.263. The van der Waals surface area contributed by atoms with Crippen LogP contribution in [-0.2, 0) is 10.3 Å². The predicted molar refractivity (Wildman–Crippen MR) is 90.1 cm³/mol. The van der Waals surface area contributed by atoms with Crippen LogP contribution in [0.5, 0.6) is 0 Å². The van der Waals surface area contributed by atoms with Crippen LogP contribution < -0.4 is 0 Å². The third-order valence-corrected chi connectivity index (χ3v) is 5.10. The number of esters is 1. The number of nitrogens with zero attached hydrogens (tertiary/aromatic N) is 1. The molecule has 2 aliphatic rings. The molecule has 2 aliphatic heterocycles. The normalized spacial score (nSPS) is 22.4. The maximum Gasteiger partial charge on any atom is 0.339 e. The number of ether oxygens (including phenoxy) is 1. The van der Waals surface area contributed by atoms with E-state index in [0.29, 0.717) is 29.2 Å². The van der Waals surface area contributed by atoms with Crippen molar-refractivity contribution in [2.75, 3.05) is 13.1 Å². The van der Waals surface area contributed by atoms with Gasteiger partial charge in [-0.15, -0.1) is 0 Å². The van der Waals surface area contributed by atoms with E-state index in [-0.39, 0.29) is 11.9 Å². The minimum absolute atomic E-state index is 0.125. The number of halogens is 1. The van der Waals surface area contributed by atoms with E-state index in [4.69, 9.17) is 16.3 Å². The van der Waals surface area contributed by atoms with E-state index in [1.54, 1.807) is 35.2 Å². The van der Waals surface area contributed by atoms with Crippen molar-refractivity contribution in [2.24, 2.45) is 0 Å². The van der Waals surface area contributed by atoms with Crippen molar-refractivity contribution in [2.45, 2.75) is 18.4 Å². The molecule has 1 atom stereocenters. The Morgan fingerprint density at radius 2 is 1.88 bits per heavy atom. The highest BCUT2D eigenvalue weighted by molar-refractivity contribution is 6.33. The monoisotopic (exact) mass is 341 g/mol. The van der Waals surface area contributed by atoms with Crippen molar-refractivity contribution >= 4 is 23.5 Å². The number of piperidine rings is 1. The fourth-order valence-corrected chi connectivity index (χ4v) is 3.87. The van der Waals surface area contributed by atoms with Crippen molar-refractivity contribution in [3.63, 3.8) is 0 Å². The van der Waals surface area contributed by atoms with E-state index in [2.05, 4.69) is 0 Å². The molecule has 4 rings (SSSR count). The summed E-state index contributed by atoms with van der Waals surface area (Å²) >= 11 is 6.16. The fourth-order valence-electron chi connectivity index (χ4n) is 3.65. The molecular formula is C19H16ClNO3. The van der Waals surface area contributed by atoms with Gasteiger partial charge in [0.05, 0.1) is 22.7 Å². The van der Waals surface area contributed by atoms with E-state index in [9.17, 15) is 9.59 Å². The minimum Gasteiger partial charge on any atom is -0.449 e. The zero-order chi connectivity index (χ0) is 16.7. The van der Waals surface area contributed by atoms with Gasteiger partial charge < -0.3 is 9.64 Å². The lowest BCUT2D eigenvalue weighted by Gasteiger charge is -2.39. The van der Waals surface area contributed by atoms with E-state index in [1.807, 2.05) is 18.2 Å². The lowest BCUT2D eigenvalue weighted by atomic mass is 9.85. The van der Waals surface area contributed by atoms with Crippen molar-refractivity contribution in [3.05, 3.63) is 70.2 Å². The van der Waals surface area contributed by atoms with Crippen molar-refractivity contribution in [1.82, 2.24) is 4.90 Å². The third kappa shape index (κ3) is 2.29. The largest absolute Gasteiger partial charge is 0.449 e. The Kier molecular flexibility index (Phi) is 3.57. The smallest absolute Gasteiger partial charge is 0.339 e. The molecule has 0 aliphatic carbocycles. The van der Waals surface area contributed by atoms with Crippen LogP contribution in [0.1, 0.15) is 39.1 Å². The minimum atomic E-state index is -0.733. The van der Waals surface area contributed by atoms with Crippen LogP contribution in [0.25, 0.3) is 0 Å². The first kappa shape index (κ1) is 15.2. The van der Waals surface area contributed by atoms with Gasteiger partial charge in [-0.1, -0.05) is 41.9 Å². The molecule has 0 radical (unpaired) electrons. The number of hydrogen-bond donors (Lipinski definition) is 0. The summed E-state index contributed by atoms with van der Waals surface area (Å²) in [6.45, 7) is 0.991. The Labute approximate surface area is 145 Å². The van der Waals surface area contributed by atoms with Gasteiger partial charge in [-0.3, -0.25) is 4.79 Å². The summed E-state index contributed by atoms with van der Waals surface area (Å²) in [6, 6.07) is 14.5. The topological polar surface area (TPSA) is 46.6 Å². The SMILES string of the molecule is O=C1OC2(CCCN(C(=O)c3ccccc3Cl)C2)c2ccccc21. The molecule has 0 aromatic heterocycles. The average molecular weight is 342 g/mol. The van der Waals surface area contributed by atoms with Gasteiger partial charge in [-0.25, -0.2) is 4.79 Å². The number of fused-ring (bicyclic) bond motifs is 2. The van der Waals surface area contributed by atoms with Gasteiger partial charge in [0.15, 0.2) is 5.60 Å². The van der Waals surface area contributed by atoms with Gasteiger partial charge in [0.1, 0.15) is 0 Å². The molecule has 122 valence electrons. The van der Waals surface area contributed by atoms with Crippen LogP contribution in [-0.4, -0.2) is 29.9 Å². The molecule has 1 unspecified atom stereocenters. The first-order valence-electron chi connectivity index (χ1n) is 7.97. The Morgan fingerprint density at radius 3 is 2.71 bits per heavy atom. The highest BCUT2D eigenvalue weighted by atomic mass is 35.5. The maximum atomic E-state index is 12.9. The highest BCUT2D eigenvalue weighted by Gasteiger charge is 2.48. The van der Waals surface area contributed by atoms with Gasteiger partial charge in [0, 0.05) is 12.1 Å². The number of likely N-dealkylation sites (tertiary alicyclic amines) is 1. The summed E-state index contributed by atoms with van der Waals surface area (Å²) < 4.78 is 5.74. The molecule has 1 saturated heterocycles. The van der Waals surface area contributed by atoms with Gasteiger partial charge in [-0.05, 0) is 31.0 Å². The van der Waals surface area contributed by atoms with E-state index in [1.165, 1.54) is 0 Å². The summed E-state index contributed by atoms with van der Waals surface area (Å²) in [5.41, 5.74) is 1.23. The number of hydrogen-bond acceptors (Lipinski definition) is 3. The summed E-state index contributed by atoms with van der Waals surface area (Å²) in [5, 5.41) is 0.436. The molecule has 2 aromatic carbocycles. The van der Waals surface area contributed by atoms with Crippen LogP contribution in [0.3, 0.4) is 0 Å². The van der Waals surface area contributed by atoms with E-state index >= 15 is 0 Å². The number of carbonyl (C=O) groups is 2. The highest BCUT2D eigenvalue weighted by Crippen LogP contribution is 2.43. The summed E-state index contributed by atoms with van der Waals surface area (Å²) in [4.78, 5) is 26.8. The van der Waals surface area contributed by atoms with Crippen LogP contribution in [0.15, 0.2) is 48.5 Å². The van der Waals surface area contributed by atoms with Gasteiger partial charge in [0.25, 0.3) is 5.91 Å². The van der Waals surface area contributed by atoms with Crippen molar-refractivity contribution in [3.8, 4) is 0 Å². The second-order valence-corrected chi connectivity index (χ2v) is 6.65. The first-order valence-corrected chi connectivity index (χ1v) is 8.35. The standard InChI is InChI=1S/C19H16ClNO3/c20-16-9-4-2-7-14(16)17(22)21-11-5-10-19(12-21)15-8-3-1-6-13(15)18(23)24-19/h1-4,6-9H,5,10-12H2. The van der Waals surface area contributed by atoms with Crippen molar-refractivity contribution < 1.29 is 14.3 Å². The van der Waals surface area contributed by atoms with Gasteiger partial charge in [0.2, 0.25) is 0 Å². The Hall–Kier alpha value is -2.33. The quantitative estimate of drug-likeness (QED) is 0.744. The number of rotatable bonds is 1. The lowest BCUT2D eigenvalue weighted by molar-refractivity contribution is -0.0442. The van der Waals surface area contributed by atoms with Gasteiger partial charge >= 0.3 is 5.97 Å². The molecule has 1 fully saturated rings. The molecule has 0 bridgehead atoms. The summed E-state index contributed by atoms with van der Waals surface area (Å²) in [5.74, 6) is -0.433. The molecule has 1 amide bonds. The van der Waals surface area contributed by atoms with E-state index in [0.717, 1.165) is 18.4 Å². The van der Waals surface area contributed by atoms with Crippen LogP contribution in [0.2, 0.25) is 5.02 Å². The Bertz CT molecular complexity index is 835. The second kappa shape index (κ2) is 5.64. The third-order valence-electron chi connectivity index (χ3n) is 4.77. The molecule has 5 heteroatoms. The molecule has 0 saturated carbocycles. The Balaban J connectivity index is 1.67. The zero-order valence-electron chi connectivity index (χ0n) is 13.0. The molecule has 0 N–H and O–H groups in total. The molecule has 2 aromatic rings. The number of benzene rings is 2. The van der Waals surface area contributed by atoms with Crippen LogP contribution >= 0.6 is 11.6 Å². The molecule has 1 spiro atoms. The average Bonchev–Trinajstić information content (AvgIpc) is 2.87. The lowest BCUT2D eigenvalue weighted by Crippen LogP contribution is -2.48. The Morgan fingerprint density at radius 1 is 1.12 bits per heavy atom. The summed E-state index contributed by atoms with van der Waals surface area (Å²) in [7, 11) is 0. The summed E-state index contributed by atoms with van der Waals surface area (Å²) in [6.07, 6.45) is 1.50. The first-order chi connectivity index (χ1) is 11.6. The van der Waals surface area contributed by atoms with Crippen LogP contribution in [0.4, 0.5) is 0 Å². The van der Waals surface area contributed by atoms with Crippen LogP contribution in [0, 0.1) is 0 Å². The second-order valence-electron chi connectivity index (χ2n) is 6.24. The molecule has 4 nitrogen and oxygen atoms in total. The molecular weight excluding hydrogens is 326 g/mol. The number of amides is 1. The van der Waals surface area contributed by atoms with Gasteiger partial charge in [-0.2, -0.15) is 0 Å². The molecule has 2 heterocycles. The number of carbonyl (C=O) groups excluding carboxylic acids is 2. The van der Waals surface area contributed by atoms with E-state index < -0.39 is 5.60 Å². The molecule has 24 heavy (non-hydrogen) atoms. The van der Waals surface area contributed by atoms with Crippen molar-refractivity contribution in [1.29, 1.82) is 0 Å². The predicted octanol–water partition coefficient (Wildman–Crippen LogP) is 3.64. The zero-order valence-corrected chi connectivity index (χ0v) is 13.8.